The minimum atomic E-state index is -0.674. The number of benzene rings is 3. The van der Waals surface area contributed by atoms with E-state index in [9.17, 15) is 13.6 Å². The molecule has 6 nitrogen and oxygen atoms in total. The summed E-state index contributed by atoms with van der Waals surface area (Å²) in [4.78, 5) is 15.4. The molecule has 0 aliphatic rings. The number of amides is 1. The van der Waals surface area contributed by atoms with Crippen LogP contribution in [0.5, 0.6) is 0 Å². The molecule has 2 atom stereocenters. The van der Waals surface area contributed by atoms with Crippen molar-refractivity contribution in [2.45, 2.75) is 23.4 Å². The third-order valence-electron chi connectivity index (χ3n) is 5.57. The first kappa shape index (κ1) is 24.6. The molecule has 1 aromatic heterocycles. The fourth-order valence-electron chi connectivity index (χ4n) is 3.44. The highest BCUT2D eigenvalue weighted by Gasteiger charge is 2.28. The lowest BCUT2D eigenvalue weighted by molar-refractivity contribution is -0.115. The number of rotatable bonds is 8. The predicted molar refractivity (Wildman–Crippen MR) is 133 cm³/mol. The van der Waals surface area contributed by atoms with Gasteiger partial charge in [-0.2, -0.15) is 0 Å². The number of nitrogens with zero attached hydrogens (tertiary/aromatic N) is 4. The van der Waals surface area contributed by atoms with Gasteiger partial charge in [-0.05, 0) is 75.1 Å². The van der Waals surface area contributed by atoms with Crippen LogP contribution in [0.3, 0.4) is 0 Å². The smallest absolute Gasteiger partial charge is 0.242 e. The van der Waals surface area contributed by atoms with Gasteiger partial charge in [-0.3, -0.25) is 14.3 Å². The van der Waals surface area contributed by atoms with Crippen LogP contribution < -0.4 is 5.32 Å². The van der Waals surface area contributed by atoms with E-state index >= 15 is 0 Å². The maximum Gasteiger partial charge on any atom is 0.242 e. The second-order valence-electron chi connectivity index (χ2n) is 8.20. The average molecular weight is 494 g/mol. The Morgan fingerprint density at radius 3 is 2.11 bits per heavy atom. The summed E-state index contributed by atoms with van der Waals surface area (Å²) in [6.07, 6.45) is 0. The number of aromatic nitrogens is 3. The standard InChI is InChI=1S/C26H25F2N5OS/c1-17(32(2)3)24-30-31-26(33(24)22-15-11-20(28)12-16-22)35-23(18-7-5-4-6-8-18)25(34)29-21-13-9-19(27)10-14-21/h4-17,23H,1-3H3,(H,29,34). The number of carbonyl (C=O) groups excluding carboxylic acids is 1. The summed E-state index contributed by atoms with van der Waals surface area (Å²) in [6, 6.07) is 20.9. The maximum atomic E-state index is 13.7. The zero-order valence-electron chi connectivity index (χ0n) is 19.5. The second kappa shape index (κ2) is 10.8. The average Bonchev–Trinajstić information content (AvgIpc) is 3.27. The number of hydrogen-bond acceptors (Lipinski definition) is 5. The van der Waals surface area contributed by atoms with Crippen LogP contribution in [0.2, 0.25) is 0 Å². The highest BCUT2D eigenvalue weighted by atomic mass is 32.2. The molecule has 0 bridgehead atoms. The highest BCUT2D eigenvalue weighted by Crippen LogP contribution is 2.37. The van der Waals surface area contributed by atoms with Crippen LogP contribution in [0, 0.1) is 11.6 Å². The molecule has 0 fully saturated rings. The first-order valence-corrected chi connectivity index (χ1v) is 11.9. The lowest BCUT2D eigenvalue weighted by Crippen LogP contribution is -2.21. The van der Waals surface area contributed by atoms with Gasteiger partial charge in [0.1, 0.15) is 16.9 Å². The molecular formula is C26H25F2N5OS. The number of nitrogens with one attached hydrogen (secondary N) is 1. The normalized spacial score (nSPS) is 13.0. The Labute approximate surface area is 207 Å². The number of anilines is 1. The largest absolute Gasteiger partial charge is 0.325 e. The van der Waals surface area contributed by atoms with Crippen LogP contribution in [0.4, 0.5) is 14.5 Å². The zero-order chi connectivity index (χ0) is 24.9. The van der Waals surface area contributed by atoms with Crippen molar-refractivity contribution in [1.29, 1.82) is 0 Å². The molecule has 4 aromatic rings. The van der Waals surface area contributed by atoms with Gasteiger partial charge in [0.05, 0.1) is 6.04 Å². The van der Waals surface area contributed by atoms with E-state index in [1.807, 2.05) is 60.8 Å². The Balaban J connectivity index is 1.74. The Morgan fingerprint density at radius 2 is 1.51 bits per heavy atom. The van der Waals surface area contributed by atoms with E-state index in [2.05, 4.69) is 15.5 Å². The molecule has 9 heteroatoms. The summed E-state index contributed by atoms with van der Waals surface area (Å²) < 4.78 is 28.8. The van der Waals surface area contributed by atoms with E-state index in [0.717, 1.165) is 5.56 Å². The van der Waals surface area contributed by atoms with Gasteiger partial charge in [-0.25, -0.2) is 8.78 Å². The molecule has 4 rings (SSSR count). The van der Waals surface area contributed by atoms with Gasteiger partial charge in [-0.1, -0.05) is 42.1 Å². The molecule has 35 heavy (non-hydrogen) atoms. The van der Waals surface area contributed by atoms with Gasteiger partial charge >= 0.3 is 0 Å². The minimum absolute atomic E-state index is 0.0925. The number of thioether (sulfide) groups is 1. The third kappa shape index (κ3) is 5.75. The highest BCUT2D eigenvalue weighted by molar-refractivity contribution is 8.00. The van der Waals surface area contributed by atoms with Crippen molar-refractivity contribution < 1.29 is 13.6 Å². The van der Waals surface area contributed by atoms with E-state index in [-0.39, 0.29) is 23.6 Å². The van der Waals surface area contributed by atoms with Crippen molar-refractivity contribution in [3.05, 3.63) is 102 Å². The predicted octanol–water partition coefficient (Wildman–Crippen LogP) is 5.64. The van der Waals surface area contributed by atoms with Gasteiger partial charge < -0.3 is 5.32 Å². The fourth-order valence-corrected chi connectivity index (χ4v) is 4.50. The molecule has 0 spiro atoms. The summed E-state index contributed by atoms with van der Waals surface area (Å²) in [6.45, 7) is 1.99. The molecule has 180 valence electrons. The Morgan fingerprint density at radius 1 is 0.914 bits per heavy atom. The van der Waals surface area contributed by atoms with E-state index in [1.165, 1.54) is 48.2 Å². The number of carbonyl (C=O) groups is 1. The Hall–Kier alpha value is -3.56. The van der Waals surface area contributed by atoms with E-state index < -0.39 is 5.25 Å². The lowest BCUT2D eigenvalue weighted by Gasteiger charge is -2.21. The molecule has 1 amide bonds. The molecule has 1 heterocycles. The third-order valence-corrected chi connectivity index (χ3v) is 6.76. The van der Waals surface area contributed by atoms with Crippen LogP contribution in [-0.4, -0.2) is 39.7 Å². The van der Waals surface area contributed by atoms with Crippen molar-refractivity contribution in [2.75, 3.05) is 19.4 Å². The number of halogens is 2. The van der Waals surface area contributed by atoms with Crippen LogP contribution in [0.15, 0.2) is 84.0 Å². The molecule has 0 aliphatic carbocycles. The summed E-state index contributed by atoms with van der Waals surface area (Å²) >= 11 is 1.24. The SMILES string of the molecule is CC(c1nnc(SC(C(=O)Nc2ccc(F)cc2)c2ccccc2)n1-c1ccc(F)cc1)N(C)C. The quantitative estimate of drug-likeness (QED) is 0.322. The molecule has 0 saturated carbocycles. The Bertz CT molecular complexity index is 1280. The molecule has 0 aliphatic heterocycles. The van der Waals surface area contributed by atoms with Crippen molar-refractivity contribution in [3.8, 4) is 5.69 Å². The van der Waals surface area contributed by atoms with Gasteiger partial charge in [0, 0.05) is 11.4 Å². The lowest BCUT2D eigenvalue weighted by atomic mass is 10.1. The van der Waals surface area contributed by atoms with Crippen LogP contribution in [0.25, 0.3) is 5.69 Å². The monoisotopic (exact) mass is 493 g/mol. The van der Waals surface area contributed by atoms with Crippen LogP contribution >= 0.6 is 11.8 Å². The Kier molecular flexibility index (Phi) is 7.57. The number of hydrogen-bond donors (Lipinski definition) is 1. The minimum Gasteiger partial charge on any atom is -0.325 e. The van der Waals surface area contributed by atoms with E-state index in [4.69, 9.17) is 0 Å². The summed E-state index contributed by atoms with van der Waals surface area (Å²) in [5, 5.41) is 11.5. The van der Waals surface area contributed by atoms with Gasteiger partial charge in [0.25, 0.3) is 0 Å². The van der Waals surface area contributed by atoms with E-state index in [1.54, 1.807) is 12.1 Å². The molecule has 2 unspecified atom stereocenters. The van der Waals surface area contributed by atoms with Crippen molar-refractivity contribution in [3.63, 3.8) is 0 Å². The van der Waals surface area contributed by atoms with E-state index in [0.29, 0.717) is 22.4 Å². The molecule has 0 radical (unpaired) electrons. The fraction of sp³-hybridized carbons (Fsp3) is 0.192. The van der Waals surface area contributed by atoms with Gasteiger partial charge in [0.2, 0.25) is 5.91 Å². The molecular weight excluding hydrogens is 468 g/mol. The van der Waals surface area contributed by atoms with Crippen LogP contribution in [0.1, 0.15) is 29.6 Å². The molecule has 3 aromatic carbocycles. The topological polar surface area (TPSA) is 63.1 Å². The first-order chi connectivity index (χ1) is 16.8. The maximum absolute atomic E-state index is 13.7. The molecule has 0 saturated heterocycles. The summed E-state index contributed by atoms with van der Waals surface area (Å²) in [5.41, 5.74) is 1.95. The second-order valence-corrected chi connectivity index (χ2v) is 9.27. The van der Waals surface area contributed by atoms with Gasteiger partial charge in [0.15, 0.2) is 11.0 Å². The van der Waals surface area contributed by atoms with Crippen molar-refractivity contribution in [2.24, 2.45) is 0 Å². The van der Waals surface area contributed by atoms with Crippen molar-refractivity contribution >= 4 is 23.4 Å². The van der Waals surface area contributed by atoms with Crippen molar-refractivity contribution in [1.82, 2.24) is 19.7 Å². The summed E-state index contributed by atoms with van der Waals surface area (Å²) in [5.74, 6) is -0.357. The zero-order valence-corrected chi connectivity index (χ0v) is 20.3. The summed E-state index contributed by atoms with van der Waals surface area (Å²) in [7, 11) is 3.87. The molecule has 1 N–H and O–H groups in total. The first-order valence-electron chi connectivity index (χ1n) is 11.0. The van der Waals surface area contributed by atoms with Crippen LogP contribution in [-0.2, 0) is 4.79 Å². The van der Waals surface area contributed by atoms with Gasteiger partial charge in [-0.15, -0.1) is 10.2 Å².